The first-order valence-electron chi connectivity index (χ1n) is 9.60. The number of carbonyl (C=O) groups is 2. The van der Waals surface area contributed by atoms with Crippen LogP contribution in [0.1, 0.15) is 42.5 Å². The van der Waals surface area contributed by atoms with Crippen molar-refractivity contribution in [2.24, 2.45) is 11.8 Å². The molecule has 1 aliphatic carbocycles. The smallest absolute Gasteiger partial charge is 0.226 e. The average molecular weight is 355 g/mol. The van der Waals surface area contributed by atoms with Crippen LogP contribution in [-0.2, 0) is 4.79 Å². The molecule has 1 atom stereocenters. The van der Waals surface area contributed by atoms with Gasteiger partial charge in [0.1, 0.15) is 13.2 Å². The average Bonchev–Trinajstić information content (AvgIpc) is 2.73. The Morgan fingerprint density at radius 2 is 1.69 bits per heavy atom. The Labute approximate surface area is 154 Å². The molecule has 0 N–H and O–H groups in total. The van der Waals surface area contributed by atoms with Crippen molar-refractivity contribution in [3.8, 4) is 11.5 Å². The van der Waals surface area contributed by atoms with Crippen LogP contribution < -0.4 is 9.47 Å². The van der Waals surface area contributed by atoms with E-state index in [1.165, 1.54) is 0 Å². The van der Waals surface area contributed by atoms with Crippen LogP contribution in [0.5, 0.6) is 11.5 Å². The summed E-state index contributed by atoms with van der Waals surface area (Å²) in [6.45, 7) is 2.42. The number of allylic oxidation sites excluding steroid dienone is 2. The number of likely N-dealkylation sites (tertiary alicyclic amines) is 1. The maximum atomic E-state index is 12.9. The van der Waals surface area contributed by atoms with Crippen molar-refractivity contribution in [1.82, 2.24) is 4.90 Å². The zero-order chi connectivity index (χ0) is 17.9. The third kappa shape index (κ3) is 3.48. The highest BCUT2D eigenvalue weighted by Gasteiger charge is 2.31. The third-order valence-electron chi connectivity index (χ3n) is 5.62. The lowest BCUT2D eigenvalue weighted by molar-refractivity contribution is -0.137. The quantitative estimate of drug-likeness (QED) is 0.617. The number of Topliss-reactive ketones (excluding diaryl/α,β-unsaturated/α-hetero) is 1. The summed E-state index contributed by atoms with van der Waals surface area (Å²) in [5, 5.41) is 0. The summed E-state index contributed by atoms with van der Waals surface area (Å²) >= 11 is 0. The molecule has 2 heterocycles. The van der Waals surface area contributed by atoms with Gasteiger partial charge in [0.05, 0.1) is 0 Å². The SMILES string of the molecule is O=C(c1ccc2c(c1)OCCO2)C1CCN(C(=O)C2CC=CCC2)CC1. The predicted octanol–water partition coefficient (Wildman–Crippen LogP) is 3.24. The van der Waals surface area contributed by atoms with Crippen LogP contribution in [0.4, 0.5) is 0 Å². The van der Waals surface area contributed by atoms with Crippen molar-refractivity contribution in [2.45, 2.75) is 32.1 Å². The van der Waals surface area contributed by atoms with Gasteiger partial charge in [-0.3, -0.25) is 9.59 Å². The van der Waals surface area contributed by atoms with E-state index in [9.17, 15) is 9.59 Å². The van der Waals surface area contributed by atoms with Crippen LogP contribution in [0.25, 0.3) is 0 Å². The molecule has 0 radical (unpaired) electrons. The van der Waals surface area contributed by atoms with Crippen LogP contribution in [0.2, 0.25) is 0 Å². The van der Waals surface area contributed by atoms with E-state index in [2.05, 4.69) is 12.2 Å². The molecular weight excluding hydrogens is 330 g/mol. The summed E-state index contributed by atoms with van der Waals surface area (Å²) < 4.78 is 11.1. The van der Waals surface area contributed by atoms with Crippen molar-refractivity contribution in [1.29, 1.82) is 0 Å². The maximum Gasteiger partial charge on any atom is 0.226 e. The fraction of sp³-hybridized carbons (Fsp3) is 0.524. The number of hydrogen-bond donors (Lipinski definition) is 0. The number of benzene rings is 1. The summed E-state index contributed by atoms with van der Waals surface area (Å²) in [7, 11) is 0. The van der Waals surface area contributed by atoms with E-state index >= 15 is 0 Å². The number of rotatable bonds is 3. The Kier molecular flexibility index (Phi) is 4.96. The van der Waals surface area contributed by atoms with Gasteiger partial charge in [0.2, 0.25) is 5.91 Å². The molecule has 26 heavy (non-hydrogen) atoms. The molecule has 5 nitrogen and oxygen atoms in total. The van der Waals surface area contributed by atoms with Crippen LogP contribution in [0.3, 0.4) is 0 Å². The van der Waals surface area contributed by atoms with Gasteiger partial charge in [-0.25, -0.2) is 0 Å². The number of hydrogen-bond acceptors (Lipinski definition) is 4. The van der Waals surface area contributed by atoms with Crippen LogP contribution >= 0.6 is 0 Å². The fourth-order valence-electron chi connectivity index (χ4n) is 4.07. The van der Waals surface area contributed by atoms with Gasteiger partial charge in [0.15, 0.2) is 17.3 Å². The molecule has 0 bridgehead atoms. The minimum atomic E-state index is -0.0205. The molecule has 138 valence electrons. The van der Waals surface area contributed by atoms with Gasteiger partial charge in [0.25, 0.3) is 0 Å². The van der Waals surface area contributed by atoms with Crippen LogP contribution in [-0.4, -0.2) is 42.9 Å². The van der Waals surface area contributed by atoms with E-state index in [1.807, 2.05) is 17.0 Å². The molecular formula is C21H25NO4. The monoisotopic (exact) mass is 355 g/mol. The molecule has 1 aromatic carbocycles. The number of carbonyl (C=O) groups excluding carboxylic acids is 2. The van der Waals surface area contributed by atoms with Gasteiger partial charge < -0.3 is 14.4 Å². The molecule has 1 saturated heterocycles. The second kappa shape index (κ2) is 7.52. The van der Waals surface area contributed by atoms with Crippen LogP contribution in [0.15, 0.2) is 30.4 Å². The van der Waals surface area contributed by atoms with Gasteiger partial charge in [-0.15, -0.1) is 0 Å². The number of fused-ring (bicyclic) bond motifs is 1. The standard InChI is InChI=1S/C21H25NO4/c23-20(17-6-7-18-19(14-17)26-13-12-25-18)15-8-10-22(11-9-15)21(24)16-4-2-1-3-5-16/h1-2,6-7,14-16H,3-5,8-13H2. The molecule has 3 aliphatic rings. The fourth-order valence-corrected chi connectivity index (χ4v) is 4.07. The Balaban J connectivity index is 1.36. The first-order valence-corrected chi connectivity index (χ1v) is 9.60. The molecule has 0 spiro atoms. The zero-order valence-electron chi connectivity index (χ0n) is 15.0. The number of ketones is 1. The number of amides is 1. The Morgan fingerprint density at radius 1 is 0.923 bits per heavy atom. The molecule has 2 aliphatic heterocycles. The van der Waals surface area contributed by atoms with Gasteiger partial charge >= 0.3 is 0 Å². The van der Waals surface area contributed by atoms with Crippen molar-refractivity contribution in [3.05, 3.63) is 35.9 Å². The summed E-state index contributed by atoms with van der Waals surface area (Å²) in [6, 6.07) is 5.43. The van der Waals surface area contributed by atoms with Crippen molar-refractivity contribution < 1.29 is 19.1 Å². The van der Waals surface area contributed by atoms with E-state index in [4.69, 9.17) is 9.47 Å². The number of piperidine rings is 1. The Hall–Kier alpha value is -2.30. The summed E-state index contributed by atoms with van der Waals surface area (Å²) in [6.07, 6.45) is 8.55. The summed E-state index contributed by atoms with van der Waals surface area (Å²) in [5.41, 5.74) is 0.677. The minimum absolute atomic E-state index is 0.0205. The van der Waals surface area contributed by atoms with E-state index in [-0.39, 0.29) is 23.5 Å². The first kappa shape index (κ1) is 17.1. The molecule has 5 heteroatoms. The van der Waals surface area contributed by atoms with E-state index in [1.54, 1.807) is 6.07 Å². The molecule has 1 amide bonds. The highest BCUT2D eigenvalue weighted by Crippen LogP contribution is 2.33. The van der Waals surface area contributed by atoms with Crippen molar-refractivity contribution >= 4 is 11.7 Å². The Morgan fingerprint density at radius 3 is 2.42 bits per heavy atom. The highest BCUT2D eigenvalue weighted by molar-refractivity contribution is 5.98. The second-order valence-corrected chi connectivity index (χ2v) is 7.30. The highest BCUT2D eigenvalue weighted by atomic mass is 16.6. The molecule has 0 saturated carbocycles. The van der Waals surface area contributed by atoms with Crippen molar-refractivity contribution in [3.63, 3.8) is 0 Å². The molecule has 4 rings (SSSR count). The van der Waals surface area contributed by atoms with E-state index in [0.717, 1.165) is 32.1 Å². The van der Waals surface area contributed by atoms with Gasteiger partial charge in [-0.2, -0.15) is 0 Å². The zero-order valence-corrected chi connectivity index (χ0v) is 15.0. The lowest BCUT2D eigenvalue weighted by Crippen LogP contribution is -2.43. The normalized spacial score (nSPS) is 22.9. The first-order chi connectivity index (χ1) is 12.7. The second-order valence-electron chi connectivity index (χ2n) is 7.30. The lowest BCUT2D eigenvalue weighted by Gasteiger charge is -2.34. The summed E-state index contributed by atoms with van der Waals surface area (Å²) in [4.78, 5) is 27.4. The minimum Gasteiger partial charge on any atom is -0.486 e. The molecule has 0 aromatic heterocycles. The van der Waals surface area contributed by atoms with Crippen LogP contribution in [0, 0.1) is 11.8 Å². The van der Waals surface area contributed by atoms with Crippen molar-refractivity contribution in [2.75, 3.05) is 26.3 Å². The predicted molar refractivity (Wildman–Crippen MR) is 97.5 cm³/mol. The largest absolute Gasteiger partial charge is 0.486 e. The number of nitrogens with zero attached hydrogens (tertiary/aromatic N) is 1. The van der Waals surface area contributed by atoms with E-state index < -0.39 is 0 Å². The van der Waals surface area contributed by atoms with Gasteiger partial charge in [-0.1, -0.05) is 12.2 Å². The van der Waals surface area contributed by atoms with E-state index in [0.29, 0.717) is 43.4 Å². The third-order valence-corrected chi connectivity index (χ3v) is 5.62. The maximum absolute atomic E-state index is 12.9. The van der Waals surface area contributed by atoms with Gasteiger partial charge in [0, 0.05) is 30.5 Å². The Bertz CT molecular complexity index is 719. The summed E-state index contributed by atoms with van der Waals surface area (Å²) in [5.74, 6) is 1.88. The molecule has 1 aromatic rings. The molecule has 1 unspecified atom stereocenters. The topological polar surface area (TPSA) is 55.8 Å². The number of ether oxygens (including phenoxy) is 2. The molecule has 1 fully saturated rings. The van der Waals surface area contributed by atoms with Gasteiger partial charge in [-0.05, 0) is 50.3 Å². The lowest BCUT2D eigenvalue weighted by atomic mass is 9.87.